The number of amidine groups is 1. The molecule has 2 aromatic rings. The zero-order valence-electron chi connectivity index (χ0n) is 9.79. The number of carbonyl (C=O) groups excluding carboxylic acids is 1. The molecule has 96 valence electrons. The van der Waals surface area contributed by atoms with Crippen LogP contribution in [0.4, 0.5) is 4.39 Å². The van der Waals surface area contributed by atoms with Gasteiger partial charge in [-0.15, -0.1) is 0 Å². The molecule has 6 heteroatoms. The molecule has 0 atom stereocenters. The number of hydrogen-bond acceptors (Lipinski definition) is 4. The Kier molecular flexibility index (Phi) is 3.82. The van der Waals surface area contributed by atoms with E-state index in [1.807, 2.05) is 0 Å². The van der Waals surface area contributed by atoms with Gasteiger partial charge in [-0.3, -0.25) is 4.98 Å². The van der Waals surface area contributed by atoms with E-state index in [1.54, 1.807) is 18.3 Å². The van der Waals surface area contributed by atoms with Crippen LogP contribution in [-0.2, 0) is 4.84 Å². The van der Waals surface area contributed by atoms with Crippen molar-refractivity contribution in [1.82, 2.24) is 4.98 Å². The van der Waals surface area contributed by atoms with Gasteiger partial charge in [0.15, 0.2) is 5.84 Å². The average Bonchev–Trinajstić information content (AvgIpc) is 2.45. The molecule has 0 fully saturated rings. The van der Waals surface area contributed by atoms with Gasteiger partial charge in [0.05, 0.1) is 5.56 Å². The van der Waals surface area contributed by atoms with E-state index < -0.39 is 11.8 Å². The zero-order chi connectivity index (χ0) is 13.7. The second-order valence-electron chi connectivity index (χ2n) is 3.61. The number of pyridine rings is 1. The predicted molar refractivity (Wildman–Crippen MR) is 66.8 cm³/mol. The van der Waals surface area contributed by atoms with E-state index in [4.69, 9.17) is 5.73 Å². The van der Waals surface area contributed by atoms with Crippen LogP contribution < -0.4 is 5.73 Å². The molecule has 1 aromatic heterocycles. The molecule has 0 unspecified atom stereocenters. The number of benzene rings is 1. The van der Waals surface area contributed by atoms with E-state index in [2.05, 4.69) is 15.0 Å². The van der Waals surface area contributed by atoms with Gasteiger partial charge in [-0.05, 0) is 30.3 Å². The van der Waals surface area contributed by atoms with Crippen molar-refractivity contribution in [3.63, 3.8) is 0 Å². The number of rotatable bonds is 3. The lowest BCUT2D eigenvalue weighted by molar-refractivity contribution is 0.0515. The largest absolute Gasteiger partial charge is 0.380 e. The summed E-state index contributed by atoms with van der Waals surface area (Å²) in [5, 5.41) is 3.48. The molecule has 0 bridgehead atoms. The van der Waals surface area contributed by atoms with Crippen molar-refractivity contribution in [2.45, 2.75) is 0 Å². The maximum atomic E-state index is 12.9. The predicted octanol–water partition coefficient (Wildman–Crippen LogP) is 1.70. The molecule has 19 heavy (non-hydrogen) atoms. The molecule has 0 spiro atoms. The Bertz CT molecular complexity index is 614. The van der Waals surface area contributed by atoms with Crippen molar-refractivity contribution in [3.05, 3.63) is 65.7 Å². The lowest BCUT2D eigenvalue weighted by atomic mass is 10.2. The maximum absolute atomic E-state index is 12.9. The summed E-state index contributed by atoms with van der Waals surface area (Å²) in [5.41, 5.74) is 6.19. The normalized spacial score (nSPS) is 11.1. The molecule has 2 N–H and O–H groups in total. The van der Waals surface area contributed by atoms with Crippen LogP contribution in [0.2, 0.25) is 0 Å². The van der Waals surface area contributed by atoms with Crippen molar-refractivity contribution in [2.24, 2.45) is 10.9 Å². The highest BCUT2D eigenvalue weighted by Gasteiger charge is 2.08. The first kappa shape index (κ1) is 12.7. The van der Waals surface area contributed by atoms with Crippen molar-refractivity contribution >= 4 is 11.8 Å². The molecule has 2 rings (SSSR count). The summed E-state index contributed by atoms with van der Waals surface area (Å²) in [6.45, 7) is 0. The highest BCUT2D eigenvalue weighted by atomic mass is 19.1. The molecule has 0 saturated heterocycles. The Hall–Kier alpha value is -2.76. The fourth-order valence-electron chi connectivity index (χ4n) is 1.33. The van der Waals surface area contributed by atoms with Gasteiger partial charge in [0, 0.05) is 18.0 Å². The Morgan fingerprint density at radius 2 is 2.05 bits per heavy atom. The van der Waals surface area contributed by atoms with E-state index >= 15 is 0 Å². The summed E-state index contributed by atoms with van der Waals surface area (Å²) in [5.74, 6) is -1.30. The van der Waals surface area contributed by atoms with Crippen molar-refractivity contribution in [2.75, 3.05) is 0 Å². The van der Waals surface area contributed by atoms with Gasteiger partial charge >= 0.3 is 5.97 Å². The molecule has 0 aliphatic heterocycles. The van der Waals surface area contributed by atoms with E-state index in [0.717, 1.165) is 6.07 Å². The van der Waals surface area contributed by atoms with Crippen LogP contribution in [-0.4, -0.2) is 16.8 Å². The highest BCUT2D eigenvalue weighted by molar-refractivity contribution is 5.97. The molecule has 0 aliphatic rings. The number of hydrogen-bond donors (Lipinski definition) is 1. The van der Waals surface area contributed by atoms with Crippen molar-refractivity contribution in [1.29, 1.82) is 0 Å². The monoisotopic (exact) mass is 259 g/mol. The summed E-state index contributed by atoms with van der Waals surface area (Å²) in [4.78, 5) is 20.0. The molecular formula is C13H10FN3O2. The SMILES string of the molecule is NC(=NOC(=O)c1cccc(F)c1)c1cccnc1. The van der Waals surface area contributed by atoms with Crippen LogP contribution in [0.1, 0.15) is 15.9 Å². The maximum Gasteiger partial charge on any atom is 0.365 e. The standard InChI is InChI=1S/C13H10FN3O2/c14-11-5-1-3-9(7-11)13(18)19-17-12(15)10-4-2-6-16-8-10/h1-8H,(H2,15,17). The van der Waals surface area contributed by atoms with E-state index in [9.17, 15) is 9.18 Å². The van der Waals surface area contributed by atoms with E-state index in [0.29, 0.717) is 5.56 Å². The van der Waals surface area contributed by atoms with Crippen LogP contribution in [0.5, 0.6) is 0 Å². The molecule has 0 saturated carbocycles. The summed E-state index contributed by atoms with van der Waals surface area (Å²) in [6, 6.07) is 8.44. The first-order valence-corrected chi connectivity index (χ1v) is 5.37. The molecule has 1 heterocycles. The number of oxime groups is 1. The average molecular weight is 259 g/mol. The second-order valence-corrected chi connectivity index (χ2v) is 3.61. The molecule has 5 nitrogen and oxygen atoms in total. The molecule has 0 radical (unpaired) electrons. The topological polar surface area (TPSA) is 77.6 Å². The van der Waals surface area contributed by atoms with Gasteiger partial charge in [0.25, 0.3) is 0 Å². The first-order valence-electron chi connectivity index (χ1n) is 5.37. The smallest absolute Gasteiger partial charge is 0.365 e. The summed E-state index contributed by atoms with van der Waals surface area (Å²) in [6.07, 6.45) is 3.06. The van der Waals surface area contributed by atoms with Gasteiger partial charge in [-0.25, -0.2) is 9.18 Å². The third kappa shape index (κ3) is 3.35. The Balaban J connectivity index is 2.08. The molecule has 0 aliphatic carbocycles. The van der Waals surface area contributed by atoms with Crippen LogP contribution in [0, 0.1) is 5.82 Å². The minimum Gasteiger partial charge on any atom is -0.380 e. The minimum absolute atomic E-state index is 0.0119. The third-order valence-electron chi connectivity index (χ3n) is 2.24. The van der Waals surface area contributed by atoms with E-state index in [-0.39, 0.29) is 11.4 Å². The first-order chi connectivity index (χ1) is 9.16. The van der Waals surface area contributed by atoms with Gasteiger partial charge in [-0.2, -0.15) is 0 Å². The van der Waals surface area contributed by atoms with Crippen LogP contribution >= 0.6 is 0 Å². The lowest BCUT2D eigenvalue weighted by Gasteiger charge is -2.00. The Morgan fingerprint density at radius 1 is 1.26 bits per heavy atom. The van der Waals surface area contributed by atoms with Crippen LogP contribution in [0.15, 0.2) is 53.9 Å². The van der Waals surface area contributed by atoms with Crippen LogP contribution in [0.3, 0.4) is 0 Å². The van der Waals surface area contributed by atoms with E-state index in [1.165, 1.54) is 24.4 Å². The fraction of sp³-hybridized carbons (Fsp3) is 0. The van der Waals surface area contributed by atoms with Gasteiger partial charge in [-0.1, -0.05) is 11.2 Å². The Labute approximate surface area is 108 Å². The molecular weight excluding hydrogens is 249 g/mol. The number of nitrogens with zero attached hydrogens (tertiary/aromatic N) is 2. The molecule has 0 amide bonds. The van der Waals surface area contributed by atoms with Gasteiger partial charge in [0.1, 0.15) is 5.82 Å². The quantitative estimate of drug-likeness (QED) is 0.394. The third-order valence-corrected chi connectivity index (χ3v) is 2.24. The number of aromatic nitrogens is 1. The van der Waals surface area contributed by atoms with Crippen molar-refractivity contribution in [3.8, 4) is 0 Å². The van der Waals surface area contributed by atoms with Gasteiger partial charge in [0.2, 0.25) is 0 Å². The molecule has 1 aromatic carbocycles. The minimum atomic E-state index is -0.786. The number of halogens is 1. The highest BCUT2D eigenvalue weighted by Crippen LogP contribution is 2.05. The van der Waals surface area contributed by atoms with Crippen LogP contribution in [0.25, 0.3) is 0 Å². The summed E-state index contributed by atoms with van der Waals surface area (Å²) in [7, 11) is 0. The number of carbonyl (C=O) groups is 1. The second kappa shape index (κ2) is 5.72. The summed E-state index contributed by atoms with van der Waals surface area (Å²) < 4.78 is 12.9. The number of nitrogens with two attached hydrogens (primary N) is 1. The Morgan fingerprint density at radius 3 is 2.74 bits per heavy atom. The van der Waals surface area contributed by atoms with Crippen molar-refractivity contribution < 1.29 is 14.0 Å². The zero-order valence-corrected chi connectivity index (χ0v) is 9.79. The summed E-state index contributed by atoms with van der Waals surface area (Å²) >= 11 is 0. The fourth-order valence-corrected chi connectivity index (χ4v) is 1.33. The lowest BCUT2D eigenvalue weighted by Crippen LogP contribution is -2.15. The van der Waals surface area contributed by atoms with Gasteiger partial charge < -0.3 is 10.6 Å².